The zero-order valence-electron chi connectivity index (χ0n) is 10.7. The second kappa shape index (κ2) is 4.07. The second-order valence-corrected chi connectivity index (χ2v) is 4.77. The highest BCUT2D eigenvalue weighted by molar-refractivity contribution is 5.93. The topological polar surface area (TPSA) is 71.5 Å². The van der Waals surface area contributed by atoms with E-state index >= 15 is 0 Å². The number of carbonyl (C=O) groups is 1. The summed E-state index contributed by atoms with van der Waals surface area (Å²) in [7, 11) is 1.71. The third-order valence-electron chi connectivity index (χ3n) is 3.14. The fourth-order valence-electron chi connectivity index (χ4n) is 2.30. The van der Waals surface area contributed by atoms with Crippen LogP contribution in [0.2, 0.25) is 0 Å². The molecule has 1 aromatic heterocycles. The molecule has 0 aromatic carbocycles. The van der Waals surface area contributed by atoms with Crippen LogP contribution in [0.5, 0.6) is 0 Å². The number of urea groups is 1. The molecule has 2 heterocycles. The highest BCUT2D eigenvalue weighted by atomic mass is 16.4. The van der Waals surface area contributed by atoms with Crippen LogP contribution in [0.1, 0.15) is 36.8 Å². The van der Waals surface area contributed by atoms with Gasteiger partial charge in [-0.2, -0.15) is 0 Å². The van der Waals surface area contributed by atoms with Gasteiger partial charge in [0, 0.05) is 24.2 Å². The molecule has 2 amide bonds. The van der Waals surface area contributed by atoms with Crippen molar-refractivity contribution in [1.82, 2.24) is 5.32 Å². The molecule has 5 nitrogen and oxygen atoms in total. The lowest BCUT2D eigenvalue weighted by molar-refractivity contribution is 0.241. The first-order valence-electron chi connectivity index (χ1n) is 5.83. The molecule has 0 saturated carbocycles. The molecule has 1 aliphatic heterocycles. The first kappa shape index (κ1) is 12.0. The van der Waals surface area contributed by atoms with Crippen molar-refractivity contribution in [2.75, 3.05) is 11.9 Å². The van der Waals surface area contributed by atoms with Gasteiger partial charge in [0.25, 0.3) is 0 Å². The molecular formula is C12H19N3O2. The number of nitrogens with one attached hydrogen (secondary N) is 1. The molecule has 5 heteroatoms. The number of amides is 2. The predicted molar refractivity (Wildman–Crippen MR) is 66.1 cm³/mol. The summed E-state index contributed by atoms with van der Waals surface area (Å²) >= 11 is 0. The fourth-order valence-corrected chi connectivity index (χ4v) is 2.30. The van der Waals surface area contributed by atoms with E-state index in [0.717, 1.165) is 23.3 Å². The summed E-state index contributed by atoms with van der Waals surface area (Å²) in [5, 5.41) is 2.90. The number of hydrogen-bond donors (Lipinski definition) is 2. The van der Waals surface area contributed by atoms with Crippen LogP contribution in [0.25, 0.3) is 0 Å². The van der Waals surface area contributed by atoms with Gasteiger partial charge in [-0.3, -0.25) is 4.90 Å². The van der Waals surface area contributed by atoms with E-state index in [2.05, 4.69) is 5.32 Å². The summed E-state index contributed by atoms with van der Waals surface area (Å²) in [4.78, 5) is 13.1. The van der Waals surface area contributed by atoms with Gasteiger partial charge in [0.2, 0.25) is 5.88 Å². The van der Waals surface area contributed by atoms with E-state index in [1.165, 1.54) is 4.90 Å². The van der Waals surface area contributed by atoms with E-state index in [-0.39, 0.29) is 18.1 Å². The Kier molecular flexibility index (Phi) is 2.87. The molecule has 0 aliphatic carbocycles. The highest BCUT2D eigenvalue weighted by Gasteiger charge is 2.33. The average Bonchev–Trinajstić information content (AvgIpc) is 2.53. The zero-order valence-corrected chi connectivity index (χ0v) is 10.7. The Morgan fingerprint density at radius 3 is 2.82 bits per heavy atom. The summed E-state index contributed by atoms with van der Waals surface area (Å²) in [5.41, 5.74) is 8.03. The molecule has 2 rings (SSSR count). The molecule has 2 unspecified atom stereocenters. The summed E-state index contributed by atoms with van der Waals surface area (Å²) in [6.07, 6.45) is 0.763. The number of hydrogen-bond acceptors (Lipinski definition) is 3. The summed E-state index contributed by atoms with van der Waals surface area (Å²) in [6, 6.07) is -0.0865. The Morgan fingerprint density at radius 1 is 1.59 bits per heavy atom. The fraction of sp³-hybridized carbons (Fsp3) is 0.583. The van der Waals surface area contributed by atoms with Crippen molar-refractivity contribution in [3.8, 4) is 0 Å². The Balaban J connectivity index is 2.50. The van der Waals surface area contributed by atoms with E-state index in [9.17, 15) is 4.79 Å². The minimum absolute atomic E-state index is 0.0279. The van der Waals surface area contributed by atoms with Crippen molar-refractivity contribution >= 4 is 11.9 Å². The average molecular weight is 237 g/mol. The Morgan fingerprint density at radius 2 is 2.24 bits per heavy atom. The molecule has 0 saturated heterocycles. The molecule has 0 spiro atoms. The van der Waals surface area contributed by atoms with E-state index in [1.807, 2.05) is 20.8 Å². The summed E-state index contributed by atoms with van der Waals surface area (Å²) in [5.74, 6) is 1.50. The number of nitrogens with zero attached hydrogens (tertiary/aromatic N) is 1. The smallest absolute Gasteiger partial charge is 0.324 e. The van der Waals surface area contributed by atoms with Gasteiger partial charge >= 0.3 is 6.03 Å². The molecule has 1 aromatic rings. The highest BCUT2D eigenvalue weighted by Crippen LogP contribution is 2.37. The van der Waals surface area contributed by atoms with Crippen molar-refractivity contribution in [2.45, 2.75) is 39.3 Å². The van der Waals surface area contributed by atoms with Gasteiger partial charge in [-0.05, 0) is 27.2 Å². The number of nitrogens with two attached hydrogens (primary N) is 1. The van der Waals surface area contributed by atoms with Crippen LogP contribution in [0.4, 0.5) is 10.7 Å². The third-order valence-corrected chi connectivity index (χ3v) is 3.14. The van der Waals surface area contributed by atoms with Crippen LogP contribution in [0, 0.1) is 6.92 Å². The SMILES string of the molecule is Cc1oc2c(c1CC(C)N)C(C)NC(=O)N2C. The minimum Gasteiger partial charge on any atom is -0.445 e. The van der Waals surface area contributed by atoms with Crippen molar-refractivity contribution in [3.05, 3.63) is 16.9 Å². The molecule has 0 bridgehead atoms. The molecule has 94 valence electrons. The monoisotopic (exact) mass is 237 g/mol. The van der Waals surface area contributed by atoms with Crippen LogP contribution in [-0.2, 0) is 6.42 Å². The Hall–Kier alpha value is -1.49. The Bertz CT molecular complexity index is 451. The molecule has 0 radical (unpaired) electrons. The van der Waals surface area contributed by atoms with Crippen molar-refractivity contribution in [3.63, 3.8) is 0 Å². The van der Waals surface area contributed by atoms with E-state index in [0.29, 0.717) is 5.88 Å². The van der Waals surface area contributed by atoms with Crippen LogP contribution in [0.15, 0.2) is 4.42 Å². The van der Waals surface area contributed by atoms with Gasteiger partial charge in [-0.15, -0.1) is 0 Å². The first-order valence-corrected chi connectivity index (χ1v) is 5.83. The number of rotatable bonds is 2. The minimum atomic E-state index is -0.133. The molecule has 2 atom stereocenters. The molecular weight excluding hydrogens is 218 g/mol. The molecule has 17 heavy (non-hydrogen) atoms. The number of carbonyl (C=O) groups excluding carboxylic acids is 1. The summed E-state index contributed by atoms with van der Waals surface area (Å²) < 4.78 is 5.70. The van der Waals surface area contributed by atoms with E-state index in [1.54, 1.807) is 7.05 Å². The standard InChI is InChI=1S/C12H19N3O2/c1-6(13)5-9-8(3)17-11-10(9)7(2)14-12(16)15(11)4/h6-7H,5,13H2,1-4H3,(H,14,16). The number of furan rings is 1. The van der Waals surface area contributed by atoms with Crippen LogP contribution >= 0.6 is 0 Å². The van der Waals surface area contributed by atoms with Crippen molar-refractivity contribution < 1.29 is 9.21 Å². The second-order valence-electron chi connectivity index (χ2n) is 4.77. The maximum atomic E-state index is 11.6. The molecule has 1 aliphatic rings. The molecule has 0 fully saturated rings. The van der Waals surface area contributed by atoms with Gasteiger partial charge in [0.15, 0.2) is 0 Å². The predicted octanol–water partition coefficient (Wildman–Crippen LogP) is 1.70. The normalized spacial score (nSPS) is 21.1. The summed E-state index contributed by atoms with van der Waals surface area (Å²) in [6.45, 7) is 5.85. The first-order chi connectivity index (χ1) is 7.91. The van der Waals surface area contributed by atoms with Crippen LogP contribution < -0.4 is 16.0 Å². The lowest BCUT2D eigenvalue weighted by Crippen LogP contribution is -2.43. The van der Waals surface area contributed by atoms with Crippen LogP contribution in [-0.4, -0.2) is 19.1 Å². The Labute approximate surface area is 101 Å². The zero-order chi connectivity index (χ0) is 12.7. The van der Waals surface area contributed by atoms with Gasteiger partial charge in [-0.1, -0.05) is 0 Å². The van der Waals surface area contributed by atoms with Gasteiger partial charge in [0.05, 0.1) is 6.04 Å². The van der Waals surface area contributed by atoms with E-state index < -0.39 is 0 Å². The van der Waals surface area contributed by atoms with E-state index in [4.69, 9.17) is 10.2 Å². The van der Waals surface area contributed by atoms with Crippen molar-refractivity contribution in [2.24, 2.45) is 5.73 Å². The number of aryl methyl sites for hydroxylation is 1. The van der Waals surface area contributed by atoms with Gasteiger partial charge in [0.1, 0.15) is 5.76 Å². The maximum Gasteiger partial charge on any atom is 0.324 e. The third kappa shape index (κ3) is 1.91. The van der Waals surface area contributed by atoms with Crippen LogP contribution in [0.3, 0.4) is 0 Å². The quantitative estimate of drug-likeness (QED) is 0.822. The largest absolute Gasteiger partial charge is 0.445 e. The number of anilines is 1. The lowest BCUT2D eigenvalue weighted by Gasteiger charge is -2.27. The van der Waals surface area contributed by atoms with Gasteiger partial charge in [-0.25, -0.2) is 4.79 Å². The van der Waals surface area contributed by atoms with Crippen molar-refractivity contribution in [1.29, 1.82) is 0 Å². The lowest BCUT2D eigenvalue weighted by atomic mass is 9.97. The number of fused-ring (bicyclic) bond motifs is 1. The molecule has 3 N–H and O–H groups in total. The van der Waals surface area contributed by atoms with Gasteiger partial charge < -0.3 is 15.5 Å². The maximum absolute atomic E-state index is 11.6.